The average Bonchev–Trinajstić information content (AvgIpc) is 3.74. The van der Waals surface area contributed by atoms with E-state index < -0.39 is 49.4 Å². The first kappa shape index (κ1) is 32.2. The number of aryl methyl sites for hydroxylation is 1. The van der Waals surface area contributed by atoms with Gasteiger partial charge in [0.15, 0.2) is 10.0 Å². The Morgan fingerprint density at radius 3 is 2.57 bits per heavy atom. The summed E-state index contributed by atoms with van der Waals surface area (Å²) < 4.78 is 73.3. The van der Waals surface area contributed by atoms with Crippen molar-refractivity contribution in [2.24, 2.45) is 12.5 Å². The van der Waals surface area contributed by atoms with Crippen molar-refractivity contribution in [3.63, 3.8) is 0 Å². The van der Waals surface area contributed by atoms with Crippen LogP contribution in [0.2, 0.25) is 0 Å². The topological polar surface area (TPSA) is 119 Å². The number of allylic oxidation sites excluding steroid dienone is 1. The predicted molar refractivity (Wildman–Crippen MR) is 164 cm³/mol. The normalized spacial score (nSPS) is 21.4. The summed E-state index contributed by atoms with van der Waals surface area (Å²) in [7, 11) is -1.72. The number of hydrogen-bond donors (Lipinski definition) is 1. The number of rotatable bonds is 8. The molecule has 2 aliphatic carbocycles. The molecule has 16 heteroatoms. The van der Waals surface area contributed by atoms with Gasteiger partial charge in [0.05, 0.1) is 50.7 Å². The Hall–Kier alpha value is -3.73. The van der Waals surface area contributed by atoms with Crippen LogP contribution >= 0.6 is 11.3 Å². The van der Waals surface area contributed by atoms with Gasteiger partial charge in [0.25, 0.3) is 0 Å². The highest BCUT2D eigenvalue weighted by molar-refractivity contribution is 7.98. The molecule has 0 spiro atoms. The number of alkyl halides is 3. The first-order chi connectivity index (χ1) is 21.5. The van der Waals surface area contributed by atoms with E-state index in [1.807, 2.05) is 6.08 Å². The number of halogens is 4. The van der Waals surface area contributed by atoms with Crippen LogP contribution in [0, 0.1) is 11.2 Å². The fourth-order valence-electron chi connectivity index (χ4n) is 6.28. The van der Waals surface area contributed by atoms with E-state index in [4.69, 9.17) is 0 Å². The Balaban J connectivity index is 1.46. The van der Waals surface area contributed by atoms with E-state index in [1.165, 1.54) is 23.0 Å². The maximum absolute atomic E-state index is 14.5. The van der Waals surface area contributed by atoms with Crippen LogP contribution in [0.1, 0.15) is 59.0 Å². The third kappa shape index (κ3) is 5.82. The van der Waals surface area contributed by atoms with Crippen LogP contribution in [0.25, 0.3) is 11.8 Å². The molecule has 0 aliphatic heterocycles. The van der Waals surface area contributed by atoms with Gasteiger partial charge in [0, 0.05) is 19.6 Å². The molecule has 10 nitrogen and oxygen atoms in total. The van der Waals surface area contributed by atoms with Crippen molar-refractivity contribution < 1.29 is 31.7 Å². The first-order valence-electron chi connectivity index (χ1n) is 14.3. The van der Waals surface area contributed by atoms with Crippen LogP contribution < -0.4 is 0 Å². The smallest absolute Gasteiger partial charge is 0.389 e. The average molecular weight is 678 g/mol. The minimum Gasteiger partial charge on any atom is -0.389 e. The largest absolute Gasteiger partial charge is 0.427 e. The van der Waals surface area contributed by atoms with Gasteiger partial charge in [-0.15, -0.1) is 16.4 Å². The number of aromatic nitrogens is 6. The predicted octanol–water partition coefficient (Wildman–Crippen LogP) is 4.74. The molecule has 1 aromatic carbocycles. The molecule has 3 atom stereocenters. The molecule has 1 saturated carbocycles. The number of aliphatic hydroxyl groups is 1. The van der Waals surface area contributed by atoms with Crippen molar-refractivity contribution in [3.8, 4) is 5.69 Å². The molecule has 0 saturated heterocycles. The lowest BCUT2D eigenvalue weighted by atomic mass is 9.61. The molecule has 2 aliphatic rings. The zero-order valence-electron chi connectivity index (χ0n) is 25.2. The van der Waals surface area contributed by atoms with Crippen LogP contribution in [-0.4, -0.2) is 73.2 Å². The number of thiazole rings is 1. The van der Waals surface area contributed by atoms with Crippen molar-refractivity contribution in [1.29, 1.82) is 0 Å². The third-order valence-corrected chi connectivity index (χ3v) is 11.4. The van der Waals surface area contributed by atoms with Crippen molar-refractivity contribution in [1.82, 2.24) is 34.1 Å². The zero-order valence-corrected chi connectivity index (χ0v) is 26.8. The SMILES string of the molecule is C=S(=O)(c1cn(C)nn1)N(CC(C)(C)O)[C@H]1CCC2=Cc3c(cnn3-c3ccc(F)cc3)C[C@]2(C(=O)c2ncc(C(F)(F)F)s2)C1. The van der Waals surface area contributed by atoms with Crippen LogP contribution in [0.15, 0.2) is 53.5 Å². The van der Waals surface area contributed by atoms with E-state index in [0.717, 1.165) is 0 Å². The van der Waals surface area contributed by atoms with Gasteiger partial charge >= 0.3 is 6.18 Å². The van der Waals surface area contributed by atoms with Crippen LogP contribution in [0.5, 0.6) is 0 Å². The Bertz CT molecular complexity index is 1940. The molecule has 1 fully saturated rings. The third-order valence-electron chi connectivity index (χ3n) is 8.36. The molecule has 0 radical (unpaired) electrons. The summed E-state index contributed by atoms with van der Waals surface area (Å²) >= 11 is 0.289. The van der Waals surface area contributed by atoms with E-state index in [0.29, 0.717) is 41.6 Å². The summed E-state index contributed by atoms with van der Waals surface area (Å²) in [6, 6.07) is 5.17. The minimum atomic E-state index is -4.67. The molecule has 3 aromatic heterocycles. The summed E-state index contributed by atoms with van der Waals surface area (Å²) in [4.78, 5) is 17.4. The first-order valence-corrected chi connectivity index (χ1v) is 16.8. The van der Waals surface area contributed by atoms with Gasteiger partial charge in [-0.1, -0.05) is 10.8 Å². The second-order valence-electron chi connectivity index (χ2n) is 12.4. The standard InChI is InChI=1S/C30H31F4N7O3S2/c1-28(2,43)17-40(46(4,44)25-16-39(3)38-37-25)22-8-5-19-11-23-18(14-36-41(23)21-9-6-20(31)7-10-21)12-29(19,13-22)26(42)27-35-15-24(45-27)30(32,33)34/h6-7,9-11,14-16,22,43H,4-5,8,12-13,17H2,1-3H3/t22-,29-,46?/m0/s1. The van der Waals surface area contributed by atoms with Crippen molar-refractivity contribution >= 4 is 38.8 Å². The maximum Gasteiger partial charge on any atom is 0.427 e. The van der Waals surface area contributed by atoms with Crippen molar-refractivity contribution in [2.75, 3.05) is 6.54 Å². The Labute approximate surface area is 266 Å². The second kappa shape index (κ2) is 11.2. The van der Waals surface area contributed by atoms with Gasteiger partial charge in [-0.05, 0) is 81.3 Å². The van der Waals surface area contributed by atoms with Crippen LogP contribution in [0.3, 0.4) is 0 Å². The van der Waals surface area contributed by atoms with Crippen LogP contribution in [0.4, 0.5) is 17.6 Å². The molecule has 1 unspecified atom stereocenters. The Morgan fingerprint density at radius 1 is 1.24 bits per heavy atom. The highest BCUT2D eigenvalue weighted by atomic mass is 32.2. The van der Waals surface area contributed by atoms with E-state index >= 15 is 0 Å². The number of carbonyl (C=O) groups is 1. The summed E-state index contributed by atoms with van der Waals surface area (Å²) in [6.45, 7) is 3.03. The second-order valence-corrected chi connectivity index (χ2v) is 15.6. The molecule has 244 valence electrons. The fraction of sp³-hybridized carbons (Fsp3) is 0.400. The zero-order chi connectivity index (χ0) is 33.2. The fourth-order valence-corrected chi connectivity index (χ4v) is 9.01. The van der Waals surface area contributed by atoms with E-state index in [2.05, 4.69) is 26.3 Å². The van der Waals surface area contributed by atoms with E-state index in [1.54, 1.807) is 48.2 Å². The van der Waals surface area contributed by atoms with E-state index in [-0.39, 0.29) is 40.8 Å². The van der Waals surface area contributed by atoms with Crippen molar-refractivity contribution in [3.05, 3.63) is 75.4 Å². The van der Waals surface area contributed by atoms with Gasteiger partial charge < -0.3 is 5.11 Å². The van der Waals surface area contributed by atoms with Crippen molar-refractivity contribution in [2.45, 2.75) is 62.4 Å². The number of nitrogens with zero attached hydrogens (tertiary/aromatic N) is 7. The summed E-state index contributed by atoms with van der Waals surface area (Å²) in [5, 5.41) is 23.1. The number of fused-ring (bicyclic) bond motifs is 2. The highest BCUT2D eigenvalue weighted by Crippen LogP contribution is 2.52. The molecule has 0 amide bonds. The monoisotopic (exact) mass is 677 g/mol. The summed E-state index contributed by atoms with van der Waals surface area (Å²) in [5.74, 6) is 3.01. The highest BCUT2D eigenvalue weighted by Gasteiger charge is 2.52. The Morgan fingerprint density at radius 2 is 1.96 bits per heavy atom. The molecule has 4 aromatic rings. The quantitative estimate of drug-likeness (QED) is 0.163. The van der Waals surface area contributed by atoms with Gasteiger partial charge in [-0.2, -0.15) is 18.3 Å². The van der Waals surface area contributed by atoms with Gasteiger partial charge in [-0.25, -0.2) is 22.6 Å². The van der Waals surface area contributed by atoms with Crippen LogP contribution in [-0.2, 0) is 29.4 Å². The number of ketones is 1. The lowest BCUT2D eigenvalue weighted by Crippen LogP contribution is -2.53. The number of hydrogen-bond acceptors (Lipinski definition) is 8. The van der Waals surface area contributed by atoms with Gasteiger partial charge in [-0.3, -0.25) is 9.48 Å². The lowest BCUT2D eigenvalue weighted by Gasteiger charge is -2.47. The molecule has 46 heavy (non-hydrogen) atoms. The summed E-state index contributed by atoms with van der Waals surface area (Å²) in [6.07, 6.45) is 1.75. The summed E-state index contributed by atoms with van der Waals surface area (Å²) in [5.41, 5.74) is -0.0854. The van der Waals surface area contributed by atoms with Gasteiger partial charge in [0.2, 0.25) is 5.78 Å². The molecule has 0 bridgehead atoms. The molecular formula is C30H31F4N7O3S2. The molecular weight excluding hydrogens is 647 g/mol. The van der Waals surface area contributed by atoms with Gasteiger partial charge in [0.1, 0.15) is 10.7 Å². The Kier molecular flexibility index (Phi) is 7.85. The molecule has 1 N–H and O–H groups in total. The maximum atomic E-state index is 14.5. The lowest BCUT2D eigenvalue weighted by molar-refractivity contribution is -0.134. The molecule has 3 heterocycles. The van der Waals surface area contributed by atoms with E-state index in [9.17, 15) is 31.7 Å². The number of Topliss-reactive ketones (excluding diaryl/α,β-unsaturated/α-hetero) is 1. The number of carbonyl (C=O) groups excluding carboxylic acids is 1. The molecule has 6 rings (SSSR count). The number of benzene rings is 1. The minimum absolute atomic E-state index is 0.0582.